The summed E-state index contributed by atoms with van der Waals surface area (Å²) in [6.07, 6.45) is 0. The lowest BCUT2D eigenvalue weighted by atomic mass is 10.2. The van der Waals surface area contributed by atoms with Crippen LogP contribution in [0, 0.1) is 4.91 Å². The summed E-state index contributed by atoms with van der Waals surface area (Å²) in [6, 6.07) is 17.8. The molecule has 0 aliphatic rings. The summed E-state index contributed by atoms with van der Waals surface area (Å²) in [4.78, 5) is 10.4. The van der Waals surface area contributed by atoms with E-state index in [1.54, 1.807) is 29.4 Å². The number of nitrogens with one attached hydrogen (secondary N) is 2. The van der Waals surface area contributed by atoms with Crippen LogP contribution in [-0.2, 0) is 25.6 Å². The molecule has 32 heavy (non-hydrogen) atoms. The maximum absolute atomic E-state index is 13.1. The molecular formula is C21H16ClN2O6S2+. The lowest BCUT2D eigenvalue weighted by molar-refractivity contribution is -0.379. The van der Waals surface area contributed by atoms with Crippen LogP contribution in [0.5, 0.6) is 0 Å². The molecule has 0 saturated carbocycles. The Bertz CT molecular complexity index is 1500. The number of para-hydroxylation sites is 1. The lowest BCUT2D eigenvalue weighted by Gasteiger charge is -2.13. The molecule has 0 amide bonds. The van der Waals surface area contributed by atoms with Gasteiger partial charge in [0, 0.05) is 38.7 Å². The minimum absolute atomic E-state index is 0.150. The van der Waals surface area contributed by atoms with Gasteiger partial charge in [0.1, 0.15) is 5.58 Å². The van der Waals surface area contributed by atoms with Gasteiger partial charge in [-0.25, -0.2) is 8.42 Å². The van der Waals surface area contributed by atoms with Crippen LogP contribution < -0.4 is 9.90 Å². The van der Waals surface area contributed by atoms with E-state index in [2.05, 4.69) is 4.72 Å². The molecule has 3 aromatic carbocycles. The first-order valence-corrected chi connectivity index (χ1v) is 12.7. The van der Waals surface area contributed by atoms with E-state index in [4.69, 9.17) is 16.0 Å². The van der Waals surface area contributed by atoms with Gasteiger partial charge >= 0.3 is 0 Å². The molecule has 0 bridgehead atoms. The first kappa shape index (κ1) is 22.0. The van der Waals surface area contributed by atoms with Crippen LogP contribution in [0.1, 0.15) is 5.56 Å². The normalized spacial score (nSPS) is 12.0. The van der Waals surface area contributed by atoms with Crippen LogP contribution in [0.15, 0.2) is 87.2 Å². The molecule has 0 fully saturated rings. The fraction of sp³-hybridized carbons (Fsp3) is 0.0476. The summed E-state index contributed by atoms with van der Waals surface area (Å²) in [5, 5.41) is 2.09. The van der Waals surface area contributed by atoms with Gasteiger partial charge in [-0.15, -0.1) is 0 Å². The summed E-state index contributed by atoms with van der Waals surface area (Å²) in [5.74, 6) is -0.410. The van der Waals surface area contributed by atoms with Gasteiger partial charge in [0.2, 0.25) is 5.09 Å². The Hall–Kier alpha value is -3.21. The molecule has 4 aromatic rings. The van der Waals surface area contributed by atoms with Gasteiger partial charge in [-0.3, -0.25) is 4.72 Å². The Morgan fingerprint density at radius 2 is 1.62 bits per heavy atom. The third-order valence-electron chi connectivity index (χ3n) is 4.62. The minimum Gasteiger partial charge on any atom is -0.443 e. The van der Waals surface area contributed by atoms with Gasteiger partial charge in [-0.1, -0.05) is 41.9 Å². The maximum Gasteiger partial charge on any atom is 0.295 e. The molecule has 2 N–H and O–H groups in total. The number of hydrogen-bond acceptors (Lipinski definition) is 6. The number of sulfone groups is 1. The highest BCUT2D eigenvalue weighted by molar-refractivity contribution is 7.93. The number of anilines is 1. The van der Waals surface area contributed by atoms with Crippen molar-refractivity contribution in [2.75, 3.05) is 4.72 Å². The Morgan fingerprint density at radius 1 is 0.906 bits per heavy atom. The van der Waals surface area contributed by atoms with Gasteiger partial charge in [-0.2, -0.15) is 8.42 Å². The topological polar surface area (TPSA) is 124 Å². The average Bonchev–Trinajstić information content (AvgIpc) is 3.19. The predicted octanol–water partition coefficient (Wildman–Crippen LogP) is 3.34. The molecule has 0 atom stereocenters. The van der Waals surface area contributed by atoms with Crippen molar-refractivity contribution >= 4 is 53.8 Å². The van der Waals surface area contributed by atoms with Crippen molar-refractivity contribution in [2.45, 2.75) is 15.7 Å². The van der Waals surface area contributed by atoms with Crippen molar-refractivity contribution in [2.24, 2.45) is 0 Å². The second kappa shape index (κ2) is 8.38. The molecule has 0 aliphatic carbocycles. The zero-order chi connectivity index (χ0) is 22.9. The lowest BCUT2D eigenvalue weighted by Crippen LogP contribution is -2.55. The number of hydrogen-bond donors (Lipinski definition) is 2. The first-order valence-electron chi connectivity index (χ1n) is 9.19. The molecule has 0 spiro atoms. The van der Waals surface area contributed by atoms with E-state index in [0.717, 1.165) is 0 Å². The monoisotopic (exact) mass is 491 g/mol. The van der Waals surface area contributed by atoms with E-state index < -0.39 is 25.6 Å². The zero-order valence-electron chi connectivity index (χ0n) is 16.3. The molecule has 164 valence electrons. The number of sulfonamides is 1. The molecule has 0 aliphatic heterocycles. The molecule has 0 saturated heterocycles. The van der Waals surface area contributed by atoms with Gasteiger partial charge in [0.25, 0.3) is 15.7 Å². The number of fused-ring (bicyclic) bond motifs is 1. The number of rotatable bonds is 7. The maximum atomic E-state index is 13.1. The van der Waals surface area contributed by atoms with Crippen molar-refractivity contribution in [3.05, 3.63) is 88.3 Å². The Morgan fingerprint density at radius 3 is 2.31 bits per heavy atom. The van der Waals surface area contributed by atoms with Crippen LogP contribution in [0.4, 0.5) is 11.4 Å². The van der Waals surface area contributed by atoms with Crippen LogP contribution >= 0.6 is 11.6 Å². The molecular weight excluding hydrogens is 476 g/mol. The van der Waals surface area contributed by atoms with Gasteiger partial charge in [0.05, 0.1) is 16.3 Å². The molecule has 4 rings (SSSR count). The van der Waals surface area contributed by atoms with Crippen LogP contribution in [-0.4, -0.2) is 16.8 Å². The zero-order valence-corrected chi connectivity index (χ0v) is 18.7. The largest absolute Gasteiger partial charge is 0.443 e. The minimum atomic E-state index is -4.24. The summed E-state index contributed by atoms with van der Waals surface area (Å²) < 4.78 is 59.7. The second-order valence-corrected chi connectivity index (χ2v) is 10.9. The molecule has 8 nitrogen and oxygen atoms in total. The van der Waals surface area contributed by atoms with E-state index in [-0.39, 0.29) is 26.4 Å². The second-order valence-electron chi connectivity index (χ2n) is 6.91. The first-order chi connectivity index (χ1) is 15.2. The third kappa shape index (κ3) is 4.52. The van der Waals surface area contributed by atoms with Crippen molar-refractivity contribution in [3.63, 3.8) is 0 Å². The molecule has 0 unspecified atom stereocenters. The number of furan rings is 1. The van der Waals surface area contributed by atoms with Crippen molar-refractivity contribution in [1.82, 2.24) is 0 Å². The predicted molar refractivity (Wildman–Crippen MR) is 120 cm³/mol. The Kier molecular flexibility index (Phi) is 5.76. The third-order valence-corrected chi connectivity index (χ3v) is 7.81. The summed E-state index contributed by atoms with van der Waals surface area (Å²) in [7, 11) is -8.21. The fourth-order valence-corrected chi connectivity index (χ4v) is 5.89. The molecule has 11 heteroatoms. The van der Waals surface area contributed by atoms with E-state index in [1.165, 1.54) is 48.5 Å². The van der Waals surface area contributed by atoms with E-state index in [0.29, 0.717) is 16.5 Å². The smallest absolute Gasteiger partial charge is 0.295 e. The summed E-state index contributed by atoms with van der Waals surface area (Å²) in [5.41, 5.74) is 0.889. The van der Waals surface area contributed by atoms with Crippen molar-refractivity contribution in [3.8, 4) is 0 Å². The standard InChI is InChI=1S/C21H15ClN2O6S2/c22-16-7-10-20(31(26,27)13-14-5-8-17(23-25)9-6-14)18(12-16)24-32(28,29)21-11-15-3-1-2-4-19(15)30-21/h1-12,24H,13H2/p+1. The van der Waals surface area contributed by atoms with Gasteiger partial charge in [-0.05, 0) is 29.8 Å². The quantitative estimate of drug-likeness (QED) is 0.408. The highest BCUT2D eigenvalue weighted by Gasteiger charge is 2.26. The molecule has 1 heterocycles. The highest BCUT2D eigenvalue weighted by atomic mass is 35.5. The summed E-state index contributed by atoms with van der Waals surface area (Å²) >= 11 is 6.01. The Labute approximate surface area is 188 Å². The van der Waals surface area contributed by atoms with E-state index >= 15 is 0 Å². The van der Waals surface area contributed by atoms with Crippen molar-refractivity contribution < 1.29 is 26.4 Å². The number of halogens is 1. The number of benzene rings is 3. The van der Waals surface area contributed by atoms with E-state index in [1.807, 2.05) is 0 Å². The molecule has 1 aromatic heterocycles. The van der Waals surface area contributed by atoms with Crippen LogP contribution in [0.2, 0.25) is 5.02 Å². The van der Waals surface area contributed by atoms with Gasteiger partial charge in [0.15, 0.2) is 9.84 Å². The van der Waals surface area contributed by atoms with Crippen molar-refractivity contribution in [1.29, 1.82) is 0 Å². The van der Waals surface area contributed by atoms with E-state index in [9.17, 15) is 21.7 Å². The Balaban J connectivity index is 1.70. The van der Waals surface area contributed by atoms with Gasteiger partial charge < -0.3 is 4.42 Å². The van der Waals surface area contributed by atoms with Crippen LogP contribution in [0.25, 0.3) is 11.0 Å². The summed E-state index contributed by atoms with van der Waals surface area (Å²) in [6.45, 7) is 0. The van der Waals surface area contributed by atoms with Crippen LogP contribution in [0.3, 0.4) is 0 Å². The SMILES string of the molecule is O=[NH+]c1ccc(CS(=O)(=O)c2ccc(Cl)cc2NS(=O)(=O)c2cc3ccccc3o2)cc1. The highest BCUT2D eigenvalue weighted by Crippen LogP contribution is 2.31. The average molecular weight is 492 g/mol. The number of nitroso groups, excluding NO2 is 1. The fourth-order valence-electron chi connectivity index (χ4n) is 3.10. The molecule has 0 radical (unpaired) electrons.